The molecule has 2 amide bonds. The minimum atomic E-state index is -0.662. The smallest absolute Gasteiger partial charge is 0.410 e. The van der Waals surface area contributed by atoms with Crippen LogP contribution in [-0.2, 0) is 9.53 Å². The fourth-order valence-corrected chi connectivity index (χ4v) is 4.46. The highest BCUT2D eigenvalue weighted by molar-refractivity contribution is 6.31. The van der Waals surface area contributed by atoms with Crippen molar-refractivity contribution in [3.8, 4) is 0 Å². The van der Waals surface area contributed by atoms with Crippen molar-refractivity contribution in [2.75, 3.05) is 13.1 Å². The number of amides is 2. The summed E-state index contributed by atoms with van der Waals surface area (Å²) in [5, 5.41) is 15.4. The van der Waals surface area contributed by atoms with Crippen molar-refractivity contribution in [1.82, 2.24) is 10.3 Å². The predicted octanol–water partition coefficient (Wildman–Crippen LogP) is 3.41. The number of carbonyl (C=O) groups excluding carboxylic acids is 2. The highest BCUT2D eigenvalue weighted by atomic mass is 35.5. The first-order valence-corrected chi connectivity index (χ1v) is 10.1. The summed E-state index contributed by atoms with van der Waals surface area (Å²) >= 11 is 6.22. The van der Waals surface area contributed by atoms with E-state index < -0.39 is 11.7 Å². The molecular formula is C21H28ClN3O4. The van der Waals surface area contributed by atoms with Gasteiger partial charge in [0.2, 0.25) is 6.41 Å². The molecule has 158 valence electrons. The Kier molecular flexibility index (Phi) is 5.92. The molecule has 1 aromatic rings. The quantitative estimate of drug-likeness (QED) is 0.433. The van der Waals surface area contributed by atoms with E-state index >= 15 is 0 Å². The fourth-order valence-electron chi connectivity index (χ4n) is 4.29. The normalized spacial score (nSPS) is 19.6. The zero-order valence-corrected chi connectivity index (χ0v) is 18.0. The second-order valence-corrected chi connectivity index (χ2v) is 9.54. The van der Waals surface area contributed by atoms with Gasteiger partial charge in [0.25, 0.3) is 0 Å². The highest BCUT2D eigenvalue weighted by Gasteiger charge is 2.56. The van der Waals surface area contributed by atoms with Gasteiger partial charge in [-0.2, -0.15) is 5.10 Å². The van der Waals surface area contributed by atoms with E-state index in [2.05, 4.69) is 10.5 Å². The molecule has 2 fully saturated rings. The van der Waals surface area contributed by atoms with Gasteiger partial charge in [0, 0.05) is 29.1 Å². The van der Waals surface area contributed by atoms with Crippen LogP contribution in [0.5, 0.6) is 0 Å². The zero-order valence-electron chi connectivity index (χ0n) is 17.2. The number of halogens is 1. The lowest BCUT2D eigenvalue weighted by molar-refractivity contribution is -0.123. The minimum absolute atomic E-state index is 0.0807. The Balaban J connectivity index is 1.63. The van der Waals surface area contributed by atoms with Crippen LogP contribution in [0.2, 0.25) is 5.02 Å². The highest BCUT2D eigenvalue weighted by Crippen LogP contribution is 2.56. The number of nitrogens with one attached hydrogen (secondary N) is 1. The van der Waals surface area contributed by atoms with Crippen LogP contribution < -0.4 is 5.43 Å². The number of likely N-dealkylation sites (tertiary alicyclic amines) is 1. The molecule has 7 nitrogen and oxygen atoms in total. The van der Waals surface area contributed by atoms with Gasteiger partial charge >= 0.3 is 6.09 Å². The fraction of sp³-hybridized carbons (Fsp3) is 0.571. The zero-order chi connectivity index (χ0) is 21.4. The van der Waals surface area contributed by atoms with E-state index in [4.69, 9.17) is 16.3 Å². The van der Waals surface area contributed by atoms with Crippen LogP contribution in [0, 0.1) is 18.3 Å². The van der Waals surface area contributed by atoms with Crippen molar-refractivity contribution in [2.45, 2.75) is 52.2 Å². The number of aliphatic hydroxyl groups excluding tert-OH is 1. The largest absolute Gasteiger partial charge is 0.444 e. The van der Waals surface area contributed by atoms with E-state index in [1.165, 1.54) is 6.21 Å². The second kappa shape index (κ2) is 7.95. The average molecular weight is 422 g/mol. The van der Waals surface area contributed by atoms with Gasteiger partial charge in [-0.25, -0.2) is 10.2 Å². The maximum Gasteiger partial charge on any atom is 0.410 e. The number of ether oxygens (including phenoxy) is 1. The summed E-state index contributed by atoms with van der Waals surface area (Å²) in [6.45, 7) is 8.76. The van der Waals surface area contributed by atoms with Gasteiger partial charge in [-0.1, -0.05) is 17.7 Å². The number of hydrazone groups is 1. The van der Waals surface area contributed by atoms with Crippen molar-refractivity contribution in [3.63, 3.8) is 0 Å². The van der Waals surface area contributed by atoms with E-state index in [0.717, 1.165) is 24.0 Å². The van der Waals surface area contributed by atoms with Gasteiger partial charge in [0.05, 0.1) is 12.3 Å². The van der Waals surface area contributed by atoms with Crippen LogP contribution in [0.15, 0.2) is 17.2 Å². The summed E-state index contributed by atoms with van der Waals surface area (Å²) in [5.74, 6) is 0.0996. The summed E-state index contributed by atoms with van der Waals surface area (Å²) in [6.07, 6.45) is 2.74. The first-order chi connectivity index (χ1) is 13.6. The van der Waals surface area contributed by atoms with Crippen molar-refractivity contribution >= 4 is 30.3 Å². The molecule has 0 bridgehead atoms. The SMILES string of the molecule is Cc1c(Cl)ccc(C(O)C2CC3(C2)CN(C(=O)OC(C)(C)C)C3)c1/C=N\NC=O. The lowest BCUT2D eigenvalue weighted by Crippen LogP contribution is -2.64. The Morgan fingerprint density at radius 1 is 1.41 bits per heavy atom. The van der Waals surface area contributed by atoms with Gasteiger partial charge in [0.1, 0.15) is 5.60 Å². The lowest BCUT2D eigenvalue weighted by atomic mass is 9.55. The van der Waals surface area contributed by atoms with E-state index in [9.17, 15) is 14.7 Å². The van der Waals surface area contributed by atoms with E-state index in [-0.39, 0.29) is 17.4 Å². The molecule has 1 unspecified atom stereocenters. The summed E-state index contributed by atoms with van der Waals surface area (Å²) in [6, 6.07) is 3.57. The summed E-state index contributed by atoms with van der Waals surface area (Å²) in [4.78, 5) is 24.3. The van der Waals surface area contributed by atoms with Gasteiger partial charge in [-0.15, -0.1) is 0 Å². The molecule has 1 atom stereocenters. The Morgan fingerprint density at radius 2 is 2.07 bits per heavy atom. The molecule has 1 saturated heterocycles. The molecule has 0 radical (unpaired) electrons. The topological polar surface area (TPSA) is 91.2 Å². The number of carbonyl (C=O) groups is 2. The van der Waals surface area contributed by atoms with Crippen LogP contribution >= 0.6 is 11.6 Å². The van der Waals surface area contributed by atoms with Crippen LogP contribution in [0.4, 0.5) is 4.79 Å². The second-order valence-electron chi connectivity index (χ2n) is 9.13. The monoisotopic (exact) mass is 421 g/mol. The lowest BCUT2D eigenvalue weighted by Gasteiger charge is -2.59. The average Bonchev–Trinajstić information content (AvgIpc) is 2.54. The summed E-state index contributed by atoms with van der Waals surface area (Å²) < 4.78 is 5.41. The molecule has 2 aliphatic rings. The van der Waals surface area contributed by atoms with E-state index in [0.29, 0.717) is 30.1 Å². The first-order valence-electron chi connectivity index (χ1n) is 9.72. The van der Waals surface area contributed by atoms with Gasteiger partial charge in [-0.05, 0) is 63.6 Å². The molecule has 1 spiro atoms. The van der Waals surface area contributed by atoms with Crippen molar-refractivity contribution in [2.24, 2.45) is 16.4 Å². The van der Waals surface area contributed by atoms with Crippen LogP contribution in [0.25, 0.3) is 0 Å². The molecule has 8 heteroatoms. The third-order valence-corrected chi connectivity index (χ3v) is 6.07. The molecule has 29 heavy (non-hydrogen) atoms. The number of hydrogen-bond donors (Lipinski definition) is 2. The minimum Gasteiger partial charge on any atom is -0.444 e. The van der Waals surface area contributed by atoms with Gasteiger partial charge in [0.15, 0.2) is 0 Å². The Bertz CT molecular complexity index is 820. The van der Waals surface area contributed by atoms with Gasteiger partial charge in [-0.3, -0.25) is 4.79 Å². The van der Waals surface area contributed by atoms with E-state index in [1.54, 1.807) is 17.0 Å². The third kappa shape index (κ3) is 4.56. The van der Waals surface area contributed by atoms with Crippen LogP contribution in [-0.4, -0.2) is 47.4 Å². The maximum absolute atomic E-state index is 12.1. The molecule has 1 saturated carbocycles. The molecule has 1 aliphatic heterocycles. The standard InChI is InChI=1S/C21H28ClN3O4/c1-13-16(9-23-24-12-26)15(5-6-17(13)22)18(27)14-7-21(8-14)10-25(11-21)19(28)29-20(2,3)4/h5-6,9,12,14,18,27H,7-8,10-11H2,1-4H3,(H,24,26)/b23-9-. The van der Waals surface area contributed by atoms with Crippen molar-refractivity contribution in [1.29, 1.82) is 0 Å². The van der Waals surface area contributed by atoms with Gasteiger partial charge < -0.3 is 14.7 Å². The number of hydrogen-bond acceptors (Lipinski definition) is 5. The molecule has 3 rings (SSSR count). The predicted molar refractivity (Wildman–Crippen MR) is 111 cm³/mol. The summed E-state index contributed by atoms with van der Waals surface area (Å²) in [7, 11) is 0. The molecule has 1 aliphatic carbocycles. The van der Waals surface area contributed by atoms with Crippen molar-refractivity contribution < 1.29 is 19.4 Å². The number of aliphatic hydroxyl groups is 1. The molecule has 1 heterocycles. The Morgan fingerprint density at radius 3 is 2.66 bits per heavy atom. The third-order valence-electron chi connectivity index (χ3n) is 5.66. The summed E-state index contributed by atoms with van der Waals surface area (Å²) in [5.41, 5.74) is 4.08. The van der Waals surface area contributed by atoms with Crippen LogP contribution in [0.3, 0.4) is 0 Å². The van der Waals surface area contributed by atoms with E-state index in [1.807, 2.05) is 27.7 Å². The molecular weight excluding hydrogens is 394 g/mol. The first kappa shape index (κ1) is 21.6. The molecule has 1 aromatic carbocycles. The Hall–Kier alpha value is -2.12. The number of nitrogens with zero attached hydrogens (tertiary/aromatic N) is 2. The number of rotatable bonds is 5. The van der Waals surface area contributed by atoms with Crippen LogP contribution in [0.1, 0.15) is 56.4 Å². The Labute approximate surface area is 176 Å². The number of benzene rings is 1. The maximum atomic E-state index is 12.1. The van der Waals surface area contributed by atoms with Crippen molar-refractivity contribution in [3.05, 3.63) is 33.8 Å². The molecule has 0 aromatic heterocycles. The molecule has 2 N–H and O–H groups in total.